The molecule has 0 aliphatic heterocycles. The zero-order valence-electron chi connectivity index (χ0n) is 10.9. The minimum Gasteiger partial charge on any atom is -0.497 e. The van der Waals surface area contributed by atoms with Gasteiger partial charge in [-0.3, -0.25) is 5.10 Å². The number of benzene rings is 2. The number of H-pyrrole nitrogens is 1. The molecule has 0 aliphatic carbocycles. The summed E-state index contributed by atoms with van der Waals surface area (Å²) >= 11 is 3.64. The molecule has 0 spiro atoms. The Morgan fingerprint density at radius 2 is 1.75 bits per heavy atom. The molecule has 3 nitrogen and oxygen atoms in total. The van der Waals surface area contributed by atoms with Gasteiger partial charge in [0, 0.05) is 11.1 Å². The minimum atomic E-state index is 0.818. The monoisotopic (exact) mass is 328 g/mol. The van der Waals surface area contributed by atoms with Crippen molar-refractivity contribution in [1.82, 2.24) is 10.2 Å². The Labute approximate surface area is 125 Å². The van der Waals surface area contributed by atoms with E-state index in [2.05, 4.69) is 26.1 Å². The molecule has 20 heavy (non-hydrogen) atoms. The molecule has 0 saturated heterocycles. The number of hydrogen-bond acceptors (Lipinski definition) is 2. The van der Waals surface area contributed by atoms with Crippen molar-refractivity contribution in [3.63, 3.8) is 0 Å². The van der Waals surface area contributed by atoms with Crippen LogP contribution in [-0.4, -0.2) is 17.3 Å². The highest BCUT2D eigenvalue weighted by molar-refractivity contribution is 9.10. The molecule has 1 heterocycles. The maximum Gasteiger partial charge on any atom is 0.119 e. The van der Waals surface area contributed by atoms with Crippen LogP contribution in [0, 0.1) is 0 Å². The number of nitrogens with one attached hydrogen (secondary N) is 1. The highest BCUT2D eigenvalue weighted by Gasteiger charge is 2.14. The molecule has 1 N–H and O–H groups in total. The summed E-state index contributed by atoms with van der Waals surface area (Å²) in [5.74, 6) is 0.818. The van der Waals surface area contributed by atoms with Gasteiger partial charge in [-0.15, -0.1) is 0 Å². The SMILES string of the molecule is COc1cccc(-c2n[nH]c(-c3ccccc3)c2Br)c1. The first kappa shape index (κ1) is 12.9. The Morgan fingerprint density at radius 3 is 2.50 bits per heavy atom. The molecule has 0 unspecified atom stereocenters. The predicted molar refractivity (Wildman–Crippen MR) is 83.7 cm³/mol. The summed E-state index contributed by atoms with van der Waals surface area (Å²) in [6, 6.07) is 18.0. The number of nitrogens with zero attached hydrogens (tertiary/aromatic N) is 1. The van der Waals surface area contributed by atoms with E-state index < -0.39 is 0 Å². The number of methoxy groups -OCH3 is 1. The van der Waals surface area contributed by atoms with Gasteiger partial charge in [-0.1, -0.05) is 42.5 Å². The molecule has 100 valence electrons. The second-order valence-corrected chi connectivity index (χ2v) is 5.15. The summed E-state index contributed by atoms with van der Waals surface area (Å²) in [6.45, 7) is 0. The van der Waals surface area contributed by atoms with Gasteiger partial charge in [-0.05, 0) is 28.1 Å². The Balaban J connectivity index is 2.06. The number of aromatic amines is 1. The molecule has 2 aromatic carbocycles. The maximum absolute atomic E-state index is 5.25. The van der Waals surface area contributed by atoms with E-state index in [0.29, 0.717) is 0 Å². The van der Waals surface area contributed by atoms with Gasteiger partial charge in [0.05, 0.1) is 17.3 Å². The first-order valence-electron chi connectivity index (χ1n) is 6.23. The van der Waals surface area contributed by atoms with E-state index in [9.17, 15) is 0 Å². The number of hydrogen-bond donors (Lipinski definition) is 1. The molecule has 3 rings (SSSR count). The Hall–Kier alpha value is -2.07. The van der Waals surface area contributed by atoms with Crippen LogP contribution in [0.15, 0.2) is 59.1 Å². The Morgan fingerprint density at radius 1 is 1.00 bits per heavy atom. The largest absolute Gasteiger partial charge is 0.497 e. The van der Waals surface area contributed by atoms with Crippen LogP contribution in [0.1, 0.15) is 0 Å². The van der Waals surface area contributed by atoms with E-state index in [1.165, 1.54) is 0 Å². The van der Waals surface area contributed by atoms with Crippen LogP contribution in [0.25, 0.3) is 22.5 Å². The molecule has 0 aliphatic rings. The molecular formula is C16H13BrN2O. The van der Waals surface area contributed by atoms with Crippen LogP contribution in [0.3, 0.4) is 0 Å². The van der Waals surface area contributed by atoms with Crippen molar-refractivity contribution in [2.75, 3.05) is 7.11 Å². The third-order valence-corrected chi connectivity index (χ3v) is 3.88. The van der Waals surface area contributed by atoms with Gasteiger partial charge in [0.1, 0.15) is 11.4 Å². The van der Waals surface area contributed by atoms with Crippen molar-refractivity contribution < 1.29 is 4.74 Å². The fraction of sp³-hybridized carbons (Fsp3) is 0.0625. The molecule has 4 heteroatoms. The summed E-state index contributed by atoms with van der Waals surface area (Å²) in [7, 11) is 1.66. The Kier molecular flexibility index (Phi) is 3.56. The summed E-state index contributed by atoms with van der Waals surface area (Å²) < 4.78 is 6.21. The lowest BCUT2D eigenvalue weighted by Gasteiger charge is -2.03. The van der Waals surface area contributed by atoms with Crippen LogP contribution in [-0.2, 0) is 0 Å². The van der Waals surface area contributed by atoms with Crippen LogP contribution in [0.2, 0.25) is 0 Å². The minimum absolute atomic E-state index is 0.818. The summed E-state index contributed by atoms with van der Waals surface area (Å²) in [6.07, 6.45) is 0. The van der Waals surface area contributed by atoms with E-state index in [-0.39, 0.29) is 0 Å². The van der Waals surface area contributed by atoms with E-state index in [1.54, 1.807) is 7.11 Å². The predicted octanol–water partition coefficient (Wildman–Crippen LogP) is 4.51. The van der Waals surface area contributed by atoms with Crippen molar-refractivity contribution in [2.45, 2.75) is 0 Å². The third kappa shape index (κ3) is 2.34. The van der Waals surface area contributed by atoms with Crippen molar-refractivity contribution in [1.29, 1.82) is 0 Å². The lowest BCUT2D eigenvalue weighted by atomic mass is 10.1. The zero-order chi connectivity index (χ0) is 13.9. The molecule has 0 saturated carbocycles. The zero-order valence-corrected chi connectivity index (χ0v) is 12.5. The van der Waals surface area contributed by atoms with Crippen molar-refractivity contribution in [2.24, 2.45) is 0 Å². The van der Waals surface area contributed by atoms with Crippen LogP contribution in [0.5, 0.6) is 5.75 Å². The smallest absolute Gasteiger partial charge is 0.119 e. The van der Waals surface area contributed by atoms with Crippen molar-refractivity contribution in [3.05, 3.63) is 59.1 Å². The van der Waals surface area contributed by atoms with Gasteiger partial charge < -0.3 is 4.74 Å². The van der Waals surface area contributed by atoms with E-state index >= 15 is 0 Å². The number of halogens is 1. The molecular weight excluding hydrogens is 316 g/mol. The molecule has 0 radical (unpaired) electrons. The van der Waals surface area contributed by atoms with Gasteiger partial charge in [0.2, 0.25) is 0 Å². The first-order valence-corrected chi connectivity index (χ1v) is 7.02. The van der Waals surface area contributed by atoms with Crippen molar-refractivity contribution >= 4 is 15.9 Å². The number of ether oxygens (including phenoxy) is 1. The second kappa shape index (κ2) is 5.51. The van der Waals surface area contributed by atoms with Crippen LogP contribution in [0.4, 0.5) is 0 Å². The highest BCUT2D eigenvalue weighted by Crippen LogP contribution is 2.35. The molecule has 3 aromatic rings. The lowest BCUT2D eigenvalue weighted by Crippen LogP contribution is -1.84. The summed E-state index contributed by atoms with van der Waals surface area (Å²) in [4.78, 5) is 0. The average Bonchev–Trinajstić information content (AvgIpc) is 2.90. The Bertz CT molecular complexity index is 722. The van der Waals surface area contributed by atoms with Gasteiger partial charge in [0.25, 0.3) is 0 Å². The standard InChI is InChI=1S/C16H13BrN2O/c1-20-13-9-5-8-12(10-13)16-14(17)15(18-19-16)11-6-3-2-4-7-11/h2-10H,1H3,(H,18,19). The molecule has 0 fully saturated rings. The van der Waals surface area contributed by atoms with Gasteiger partial charge in [-0.25, -0.2) is 0 Å². The first-order chi connectivity index (χ1) is 9.79. The van der Waals surface area contributed by atoms with Gasteiger partial charge in [0.15, 0.2) is 0 Å². The van der Waals surface area contributed by atoms with E-state index in [4.69, 9.17) is 4.74 Å². The normalized spacial score (nSPS) is 10.5. The third-order valence-electron chi connectivity index (χ3n) is 3.11. The average molecular weight is 329 g/mol. The molecule has 0 bridgehead atoms. The summed E-state index contributed by atoms with van der Waals surface area (Å²) in [5.41, 5.74) is 3.96. The van der Waals surface area contributed by atoms with E-state index in [0.717, 1.165) is 32.7 Å². The van der Waals surface area contributed by atoms with Gasteiger partial charge >= 0.3 is 0 Å². The van der Waals surface area contributed by atoms with Gasteiger partial charge in [-0.2, -0.15) is 5.10 Å². The van der Waals surface area contributed by atoms with Crippen LogP contribution < -0.4 is 4.74 Å². The lowest BCUT2D eigenvalue weighted by molar-refractivity contribution is 0.415. The molecule has 0 atom stereocenters. The fourth-order valence-electron chi connectivity index (χ4n) is 2.09. The molecule has 1 aromatic heterocycles. The summed E-state index contributed by atoms with van der Waals surface area (Å²) in [5, 5.41) is 7.50. The van der Waals surface area contributed by atoms with Crippen molar-refractivity contribution in [3.8, 4) is 28.3 Å². The second-order valence-electron chi connectivity index (χ2n) is 4.36. The van der Waals surface area contributed by atoms with Crippen LogP contribution >= 0.6 is 15.9 Å². The number of rotatable bonds is 3. The highest BCUT2D eigenvalue weighted by atomic mass is 79.9. The molecule has 0 amide bonds. The topological polar surface area (TPSA) is 37.9 Å². The maximum atomic E-state index is 5.25. The fourth-order valence-corrected chi connectivity index (χ4v) is 2.72. The number of aromatic nitrogens is 2. The van der Waals surface area contributed by atoms with E-state index in [1.807, 2.05) is 54.6 Å². The quantitative estimate of drug-likeness (QED) is 0.767.